The van der Waals surface area contributed by atoms with E-state index in [0.717, 1.165) is 18.5 Å². The molecule has 1 amide bonds. The van der Waals surface area contributed by atoms with E-state index in [1.807, 2.05) is 13.8 Å². The second-order valence-corrected chi connectivity index (χ2v) is 4.93. The van der Waals surface area contributed by atoms with Gasteiger partial charge < -0.3 is 10.0 Å². The van der Waals surface area contributed by atoms with E-state index in [4.69, 9.17) is 0 Å². The molecule has 1 fully saturated rings. The van der Waals surface area contributed by atoms with Crippen LogP contribution in [0.3, 0.4) is 0 Å². The van der Waals surface area contributed by atoms with Gasteiger partial charge in [0.2, 0.25) is 0 Å². The van der Waals surface area contributed by atoms with E-state index in [0.29, 0.717) is 18.8 Å². The predicted molar refractivity (Wildman–Crippen MR) is 63.7 cm³/mol. The van der Waals surface area contributed by atoms with Gasteiger partial charge in [-0.05, 0) is 19.4 Å². The van der Waals surface area contributed by atoms with Crippen LogP contribution >= 0.6 is 0 Å². The number of aromatic nitrogens is 2. The normalized spacial score (nSPS) is 18.0. The van der Waals surface area contributed by atoms with Crippen molar-refractivity contribution in [3.63, 3.8) is 0 Å². The molecular weight excluding hydrogens is 218 g/mol. The maximum absolute atomic E-state index is 12.1. The molecule has 0 saturated carbocycles. The average Bonchev–Trinajstić information content (AvgIpc) is 2.53. The first kappa shape index (κ1) is 12.1. The van der Waals surface area contributed by atoms with Crippen molar-refractivity contribution in [2.45, 2.75) is 32.3 Å². The van der Waals surface area contributed by atoms with Gasteiger partial charge in [-0.3, -0.25) is 9.48 Å². The fourth-order valence-corrected chi connectivity index (χ4v) is 2.40. The van der Waals surface area contributed by atoms with Crippen molar-refractivity contribution < 1.29 is 9.90 Å². The molecule has 94 valence electrons. The molecule has 0 atom stereocenters. The van der Waals surface area contributed by atoms with Crippen LogP contribution in [0.1, 0.15) is 35.9 Å². The van der Waals surface area contributed by atoms with Gasteiger partial charge in [-0.2, -0.15) is 5.10 Å². The molecule has 0 spiro atoms. The van der Waals surface area contributed by atoms with Crippen molar-refractivity contribution in [2.75, 3.05) is 13.1 Å². The van der Waals surface area contributed by atoms with E-state index >= 15 is 0 Å². The lowest BCUT2D eigenvalue weighted by molar-refractivity contribution is -0.0863. The van der Waals surface area contributed by atoms with E-state index in [2.05, 4.69) is 5.10 Å². The maximum atomic E-state index is 12.1. The van der Waals surface area contributed by atoms with Crippen molar-refractivity contribution in [3.05, 3.63) is 17.5 Å². The number of rotatable bonds is 3. The minimum Gasteiger partial charge on any atom is -0.386 e. The zero-order chi connectivity index (χ0) is 12.6. The Bertz CT molecular complexity index is 433. The topological polar surface area (TPSA) is 58.4 Å². The Labute approximate surface area is 101 Å². The van der Waals surface area contributed by atoms with Gasteiger partial charge in [-0.25, -0.2) is 0 Å². The lowest BCUT2D eigenvalue weighted by Crippen LogP contribution is -2.63. The Balaban J connectivity index is 2.02. The summed E-state index contributed by atoms with van der Waals surface area (Å²) in [4.78, 5) is 13.8. The summed E-state index contributed by atoms with van der Waals surface area (Å²) in [5.74, 6) is -0.0473. The van der Waals surface area contributed by atoms with E-state index in [1.165, 1.54) is 0 Å². The molecule has 1 aromatic heterocycles. The molecule has 0 unspecified atom stereocenters. The monoisotopic (exact) mass is 237 g/mol. The van der Waals surface area contributed by atoms with Gasteiger partial charge in [-0.1, -0.05) is 13.3 Å². The summed E-state index contributed by atoms with van der Waals surface area (Å²) in [6.07, 6.45) is 1.69. The van der Waals surface area contributed by atoms with E-state index in [9.17, 15) is 9.90 Å². The number of hydrogen-bond donors (Lipinski definition) is 1. The number of amides is 1. The fraction of sp³-hybridized carbons (Fsp3) is 0.667. The smallest absolute Gasteiger partial charge is 0.272 e. The quantitative estimate of drug-likeness (QED) is 0.842. The summed E-state index contributed by atoms with van der Waals surface area (Å²) in [6.45, 7) is 4.76. The number of likely N-dealkylation sites (tertiary alicyclic amines) is 1. The highest BCUT2D eigenvalue weighted by Crippen LogP contribution is 2.27. The van der Waals surface area contributed by atoms with Gasteiger partial charge in [0.25, 0.3) is 5.91 Å². The lowest BCUT2D eigenvalue weighted by Gasteiger charge is -2.46. The molecule has 1 aromatic rings. The van der Waals surface area contributed by atoms with Gasteiger partial charge in [0.1, 0.15) is 5.69 Å². The third-order valence-corrected chi connectivity index (χ3v) is 3.19. The highest BCUT2D eigenvalue weighted by Gasteiger charge is 2.43. The molecular formula is C12H19N3O2. The van der Waals surface area contributed by atoms with E-state index in [-0.39, 0.29) is 5.91 Å². The number of carbonyl (C=O) groups is 1. The third kappa shape index (κ3) is 2.20. The van der Waals surface area contributed by atoms with Crippen molar-refractivity contribution in [1.29, 1.82) is 0 Å². The fourth-order valence-electron chi connectivity index (χ4n) is 2.40. The van der Waals surface area contributed by atoms with Gasteiger partial charge in [-0.15, -0.1) is 0 Å². The van der Waals surface area contributed by atoms with Crippen molar-refractivity contribution in [2.24, 2.45) is 7.05 Å². The minimum absolute atomic E-state index is 0.0473. The highest BCUT2D eigenvalue weighted by molar-refractivity contribution is 5.93. The summed E-state index contributed by atoms with van der Waals surface area (Å²) in [5.41, 5.74) is 0.749. The Morgan fingerprint density at radius 3 is 2.71 bits per heavy atom. The standard InChI is InChI=1S/C12H19N3O2/c1-4-5-12(17)7-15(8-12)11(16)10-6-9(2)13-14(10)3/h6,17H,4-5,7-8H2,1-3H3. The summed E-state index contributed by atoms with van der Waals surface area (Å²) in [6, 6.07) is 1.78. The number of nitrogens with zero attached hydrogens (tertiary/aromatic N) is 3. The van der Waals surface area contributed by atoms with Crippen LogP contribution in [0.4, 0.5) is 0 Å². The first-order chi connectivity index (χ1) is 7.95. The Morgan fingerprint density at radius 1 is 1.59 bits per heavy atom. The van der Waals surface area contributed by atoms with Crippen LogP contribution in [-0.2, 0) is 7.05 Å². The van der Waals surface area contributed by atoms with Crippen LogP contribution in [0, 0.1) is 6.92 Å². The molecule has 2 rings (SSSR count). The van der Waals surface area contributed by atoms with Crippen molar-refractivity contribution in [3.8, 4) is 0 Å². The van der Waals surface area contributed by atoms with Gasteiger partial charge in [0.15, 0.2) is 0 Å². The van der Waals surface area contributed by atoms with Gasteiger partial charge in [0, 0.05) is 7.05 Å². The molecule has 1 N–H and O–H groups in total. The van der Waals surface area contributed by atoms with Gasteiger partial charge in [0.05, 0.1) is 24.4 Å². The first-order valence-corrected chi connectivity index (χ1v) is 5.97. The molecule has 0 aromatic carbocycles. The molecule has 1 aliphatic rings. The van der Waals surface area contributed by atoms with Crippen LogP contribution in [0.5, 0.6) is 0 Å². The second-order valence-electron chi connectivity index (χ2n) is 4.93. The SMILES string of the molecule is CCCC1(O)CN(C(=O)c2cc(C)nn2C)C1. The number of aliphatic hydroxyl groups is 1. The Kier molecular flexibility index (Phi) is 2.95. The molecule has 1 saturated heterocycles. The summed E-state index contributed by atoms with van der Waals surface area (Å²) < 4.78 is 1.59. The third-order valence-electron chi connectivity index (χ3n) is 3.19. The van der Waals surface area contributed by atoms with Crippen LogP contribution in [0.15, 0.2) is 6.07 Å². The number of hydrogen-bond acceptors (Lipinski definition) is 3. The summed E-state index contributed by atoms with van der Waals surface area (Å²) in [5, 5.41) is 14.2. The van der Waals surface area contributed by atoms with Crippen LogP contribution in [-0.4, -0.2) is 44.4 Å². The zero-order valence-electron chi connectivity index (χ0n) is 10.6. The average molecular weight is 237 g/mol. The Morgan fingerprint density at radius 2 is 2.24 bits per heavy atom. The van der Waals surface area contributed by atoms with Gasteiger partial charge >= 0.3 is 0 Å². The Hall–Kier alpha value is -1.36. The number of aryl methyl sites for hydroxylation is 2. The second kappa shape index (κ2) is 4.14. The number of β-amino-alcohol motifs (C(OH)–C–C–N with tert-alkyl or cyclic N) is 1. The zero-order valence-corrected chi connectivity index (χ0v) is 10.6. The minimum atomic E-state index is -0.669. The molecule has 5 heteroatoms. The molecule has 5 nitrogen and oxygen atoms in total. The van der Waals surface area contributed by atoms with Crippen LogP contribution < -0.4 is 0 Å². The van der Waals surface area contributed by atoms with Crippen molar-refractivity contribution >= 4 is 5.91 Å². The highest BCUT2D eigenvalue weighted by atomic mass is 16.3. The predicted octanol–water partition coefficient (Wildman–Crippen LogP) is 0.716. The molecule has 17 heavy (non-hydrogen) atoms. The summed E-state index contributed by atoms with van der Waals surface area (Å²) >= 11 is 0. The number of carbonyl (C=O) groups excluding carboxylic acids is 1. The first-order valence-electron chi connectivity index (χ1n) is 5.97. The molecule has 0 radical (unpaired) electrons. The van der Waals surface area contributed by atoms with Crippen LogP contribution in [0.25, 0.3) is 0 Å². The maximum Gasteiger partial charge on any atom is 0.272 e. The molecule has 1 aliphatic heterocycles. The molecule has 0 aliphatic carbocycles. The molecule has 2 heterocycles. The lowest BCUT2D eigenvalue weighted by atomic mass is 9.89. The molecule has 0 bridgehead atoms. The largest absolute Gasteiger partial charge is 0.386 e. The van der Waals surface area contributed by atoms with E-state index in [1.54, 1.807) is 22.7 Å². The summed E-state index contributed by atoms with van der Waals surface area (Å²) in [7, 11) is 1.76. The van der Waals surface area contributed by atoms with Crippen molar-refractivity contribution in [1.82, 2.24) is 14.7 Å². The van der Waals surface area contributed by atoms with E-state index < -0.39 is 5.60 Å². The van der Waals surface area contributed by atoms with Crippen LogP contribution in [0.2, 0.25) is 0 Å².